The Labute approximate surface area is 134 Å². The maximum atomic E-state index is 10.2. The smallest absolute Gasteiger partial charge is 0.218 e. The van der Waals surface area contributed by atoms with Crippen molar-refractivity contribution >= 4 is 0 Å². The van der Waals surface area contributed by atoms with Crippen molar-refractivity contribution in [3.8, 4) is 22.8 Å². The van der Waals surface area contributed by atoms with Gasteiger partial charge in [-0.1, -0.05) is 36.4 Å². The van der Waals surface area contributed by atoms with Gasteiger partial charge in [-0.25, -0.2) is 4.98 Å². The Hall–Kier alpha value is -2.37. The number of fused-ring (bicyclic) bond motifs is 1. The molecule has 0 fully saturated rings. The molecular weight excluding hydrogens is 294 g/mol. The van der Waals surface area contributed by atoms with Crippen molar-refractivity contribution in [3.63, 3.8) is 0 Å². The summed E-state index contributed by atoms with van der Waals surface area (Å²) in [5, 5.41) is 30.0. The maximum Gasteiger partial charge on any atom is 0.218 e. The Balaban J connectivity index is 2.13. The lowest BCUT2D eigenvalue weighted by Crippen LogP contribution is -2.17. The lowest BCUT2D eigenvalue weighted by molar-refractivity contribution is -0.00830. The molecule has 23 heavy (non-hydrogen) atoms. The van der Waals surface area contributed by atoms with Gasteiger partial charge in [0.1, 0.15) is 5.75 Å². The molecule has 3 atom stereocenters. The van der Waals surface area contributed by atoms with Crippen LogP contribution in [0.4, 0.5) is 0 Å². The Morgan fingerprint density at radius 1 is 1.30 bits per heavy atom. The Morgan fingerprint density at radius 2 is 2.00 bits per heavy atom. The van der Waals surface area contributed by atoms with Gasteiger partial charge in [0.25, 0.3) is 0 Å². The monoisotopic (exact) mass is 313 g/mol. The fourth-order valence-corrected chi connectivity index (χ4v) is 2.68. The van der Waals surface area contributed by atoms with Crippen LogP contribution in [0.15, 0.2) is 48.2 Å². The van der Waals surface area contributed by atoms with E-state index in [1.54, 1.807) is 19.9 Å². The molecule has 0 aliphatic carbocycles. The second-order valence-corrected chi connectivity index (χ2v) is 5.73. The van der Waals surface area contributed by atoms with Crippen molar-refractivity contribution < 1.29 is 20.1 Å². The molecule has 5 heteroatoms. The second-order valence-electron chi connectivity index (χ2n) is 5.73. The standard InChI is InChI=1S/C18H19NO4/c1-10(11(2)20)8-13-15-16(23-18(13)22)14(9-19-17(15)21)12-6-4-3-5-7-12/h3-9,11,13,18,20,22H,1-2H3,(H,19,21)/b10-8+/t11?,13-,18+/m0/s1. The highest BCUT2D eigenvalue weighted by molar-refractivity contribution is 5.74. The number of ether oxygens (including phenoxy) is 1. The van der Waals surface area contributed by atoms with Gasteiger partial charge in [-0.05, 0) is 25.0 Å². The van der Waals surface area contributed by atoms with Crippen LogP contribution in [0.2, 0.25) is 0 Å². The number of pyridine rings is 1. The molecule has 1 aliphatic heterocycles. The molecule has 120 valence electrons. The van der Waals surface area contributed by atoms with Gasteiger partial charge in [-0.15, -0.1) is 0 Å². The van der Waals surface area contributed by atoms with Gasteiger partial charge in [-0.2, -0.15) is 0 Å². The summed E-state index contributed by atoms with van der Waals surface area (Å²) in [5.41, 5.74) is 2.73. The molecule has 0 bridgehead atoms. The third-order valence-corrected chi connectivity index (χ3v) is 4.11. The molecule has 1 aromatic heterocycles. The van der Waals surface area contributed by atoms with E-state index in [1.165, 1.54) is 6.20 Å². The molecular formula is C18H19NO4. The first-order valence-electron chi connectivity index (χ1n) is 7.47. The number of nitrogens with zero attached hydrogens (tertiary/aromatic N) is 1. The second kappa shape index (κ2) is 6.02. The van der Waals surface area contributed by atoms with E-state index < -0.39 is 18.3 Å². The zero-order valence-corrected chi connectivity index (χ0v) is 13.0. The summed E-state index contributed by atoms with van der Waals surface area (Å²) in [6, 6.07) is 9.53. The van der Waals surface area contributed by atoms with Crippen molar-refractivity contribution in [2.75, 3.05) is 0 Å². The Kier molecular flexibility index (Phi) is 4.07. The van der Waals surface area contributed by atoms with Gasteiger partial charge in [0.05, 0.1) is 17.6 Å². The lowest BCUT2D eigenvalue weighted by atomic mass is 9.94. The Morgan fingerprint density at radius 3 is 2.65 bits per heavy atom. The van der Waals surface area contributed by atoms with Crippen LogP contribution in [0.25, 0.3) is 11.1 Å². The van der Waals surface area contributed by atoms with Gasteiger partial charge >= 0.3 is 0 Å². The van der Waals surface area contributed by atoms with E-state index in [9.17, 15) is 15.3 Å². The van der Waals surface area contributed by atoms with Crippen LogP contribution in [0.5, 0.6) is 11.6 Å². The van der Waals surface area contributed by atoms with Crippen LogP contribution in [0.3, 0.4) is 0 Å². The van der Waals surface area contributed by atoms with E-state index >= 15 is 0 Å². The highest BCUT2D eigenvalue weighted by atomic mass is 16.6. The number of aliphatic hydroxyl groups excluding tert-OH is 2. The van der Waals surface area contributed by atoms with E-state index in [1.807, 2.05) is 30.3 Å². The molecule has 1 unspecified atom stereocenters. The summed E-state index contributed by atoms with van der Waals surface area (Å²) in [6.45, 7) is 3.41. The first-order valence-corrected chi connectivity index (χ1v) is 7.47. The average molecular weight is 313 g/mol. The minimum Gasteiger partial charge on any atom is -0.493 e. The summed E-state index contributed by atoms with van der Waals surface area (Å²) in [4.78, 5) is 4.04. The molecule has 0 saturated carbocycles. The van der Waals surface area contributed by atoms with Crippen LogP contribution < -0.4 is 4.74 Å². The third-order valence-electron chi connectivity index (χ3n) is 4.11. The molecule has 0 radical (unpaired) electrons. The summed E-state index contributed by atoms with van der Waals surface area (Å²) in [5.74, 6) is -0.317. The molecule has 1 aliphatic rings. The normalized spacial score (nSPS) is 21.7. The van der Waals surface area contributed by atoms with Gasteiger partial charge in [0.15, 0.2) is 0 Å². The lowest BCUT2D eigenvalue weighted by Gasteiger charge is -2.12. The van der Waals surface area contributed by atoms with E-state index in [0.29, 0.717) is 22.4 Å². The number of aromatic hydroxyl groups is 1. The summed E-state index contributed by atoms with van der Waals surface area (Å²) in [6.07, 6.45) is 1.47. The molecule has 2 heterocycles. The van der Waals surface area contributed by atoms with Crippen molar-refractivity contribution in [2.24, 2.45) is 0 Å². The van der Waals surface area contributed by atoms with Crippen LogP contribution in [0.1, 0.15) is 25.3 Å². The van der Waals surface area contributed by atoms with Crippen molar-refractivity contribution in [2.45, 2.75) is 32.2 Å². The van der Waals surface area contributed by atoms with E-state index in [2.05, 4.69) is 4.98 Å². The fraction of sp³-hybridized carbons (Fsp3) is 0.278. The summed E-state index contributed by atoms with van der Waals surface area (Å²) < 4.78 is 5.60. The maximum absolute atomic E-state index is 10.2. The topological polar surface area (TPSA) is 82.8 Å². The first kappa shape index (κ1) is 15.5. The van der Waals surface area contributed by atoms with Crippen LogP contribution >= 0.6 is 0 Å². The quantitative estimate of drug-likeness (QED) is 0.759. The van der Waals surface area contributed by atoms with Gasteiger partial charge in [0, 0.05) is 11.8 Å². The molecule has 3 N–H and O–H groups in total. The van der Waals surface area contributed by atoms with E-state index in [-0.39, 0.29) is 5.88 Å². The van der Waals surface area contributed by atoms with Gasteiger partial charge in [-0.3, -0.25) is 0 Å². The molecule has 0 spiro atoms. The predicted molar refractivity (Wildman–Crippen MR) is 86.2 cm³/mol. The van der Waals surface area contributed by atoms with Crippen molar-refractivity contribution in [3.05, 3.63) is 53.7 Å². The fourth-order valence-electron chi connectivity index (χ4n) is 2.68. The minimum atomic E-state index is -1.13. The zero-order chi connectivity index (χ0) is 16.6. The number of rotatable bonds is 3. The SMILES string of the molecule is C/C(=C\[C@H]1c2c(O)ncc(-c3ccccc3)c2O[C@H]1O)C(C)O. The van der Waals surface area contributed by atoms with Gasteiger partial charge < -0.3 is 20.1 Å². The third kappa shape index (κ3) is 2.81. The summed E-state index contributed by atoms with van der Waals surface area (Å²) in [7, 11) is 0. The highest BCUT2D eigenvalue weighted by Gasteiger charge is 2.37. The highest BCUT2D eigenvalue weighted by Crippen LogP contribution is 2.48. The van der Waals surface area contributed by atoms with Crippen molar-refractivity contribution in [1.29, 1.82) is 0 Å². The minimum absolute atomic E-state index is 0.170. The zero-order valence-electron chi connectivity index (χ0n) is 13.0. The predicted octanol–water partition coefficient (Wildman–Crippen LogP) is 2.58. The molecule has 5 nitrogen and oxygen atoms in total. The number of aliphatic hydroxyl groups is 2. The van der Waals surface area contributed by atoms with Crippen LogP contribution in [-0.4, -0.2) is 32.7 Å². The number of hydrogen-bond acceptors (Lipinski definition) is 5. The number of aromatic nitrogens is 1. The molecule has 1 aromatic carbocycles. The molecule has 2 aromatic rings. The van der Waals surface area contributed by atoms with Crippen LogP contribution in [-0.2, 0) is 0 Å². The summed E-state index contributed by atoms with van der Waals surface area (Å²) >= 11 is 0. The molecule has 3 rings (SSSR count). The average Bonchev–Trinajstić information content (AvgIpc) is 2.86. The number of hydrogen-bond donors (Lipinski definition) is 3. The van der Waals surface area contributed by atoms with Crippen LogP contribution in [0, 0.1) is 0 Å². The van der Waals surface area contributed by atoms with Gasteiger partial charge in [0.2, 0.25) is 12.2 Å². The molecule has 0 saturated heterocycles. The Bertz CT molecular complexity index is 740. The first-order chi connectivity index (χ1) is 11.0. The van der Waals surface area contributed by atoms with E-state index in [0.717, 1.165) is 5.56 Å². The van der Waals surface area contributed by atoms with Crippen molar-refractivity contribution in [1.82, 2.24) is 4.98 Å². The molecule has 0 amide bonds. The van der Waals surface area contributed by atoms with E-state index in [4.69, 9.17) is 4.74 Å². The largest absolute Gasteiger partial charge is 0.493 e. The number of benzene rings is 1.